The molecule has 0 aromatic carbocycles. The third kappa shape index (κ3) is 3.90. The number of hydrogen-bond donors (Lipinski definition) is 1. The van der Waals surface area contributed by atoms with Crippen molar-refractivity contribution in [3.05, 3.63) is 30.2 Å². The van der Waals surface area contributed by atoms with Crippen molar-refractivity contribution in [3.63, 3.8) is 0 Å². The minimum atomic E-state index is -0.00708. The van der Waals surface area contributed by atoms with Gasteiger partial charge in [0, 0.05) is 19.2 Å². The van der Waals surface area contributed by atoms with Crippen LogP contribution in [0.4, 0.5) is 0 Å². The van der Waals surface area contributed by atoms with Gasteiger partial charge in [0.1, 0.15) is 5.76 Å². The molecule has 0 unspecified atom stereocenters. The average Bonchev–Trinajstić information content (AvgIpc) is 2.80. The standard InChI is InChI=1S/C12H18N2O2/c1-2-14(9-4-8-13)12(15)7-6-11-5-3-10-16-11/h3,5-7,10H,2,4,8-9,13H2,1H3/b7-6+. The van der Waals surface area contributed by atoms with E-state index in [0.717, 1.165) is 6.42 Å². The lowest BCUT2D eigenvalue weighted by Gasteiger charge is -2.18. The molecule has 16 heavy (non-hydrogen) atoms. The zero-order chi connectivity index (χ0) is 11.8. The van der Waals surface area contributed by atoms with Crippen molar-refractivity contribution in [2.45, 2.75) is 13.3 Å². The fraction of sp³-hybridized carbons (Fsp3) is 0.417. The highest BCUT2D eigenvalue weighted by atomic mass is 16.3. The predicted molar refractivity (Wildman–Crippen MR) is 63.7 cm³/mol. The summed E-state index contributed by atoms with van der Waals surface area (Å²) >= 11 is 0. The summed E-state index contributed by atoms with van der Waals surface area (Å²) in [5.41, 5.74) is 5.41. The number of nitrogens with zero attached hydrogens (tertiary/aromatic N) is 1. The van der Waals surface area contributed by atoms with E-state index in [4.69, 9.17) is 10.2 Å². The summed E-state index contributed by atoms with van der Waals surface area (Å²) in [5, 5.41) is 0. The number of nitrogens with two attached hydrogens (primary N) is 1. The van der Waals surface area contributed by atoms with E-state index in [-0.39, 0.29) is 5.91 Å². The molecule has 1 aromatic heterocycles. The second kappa shape index (κ2) is 6.85. The third-order valence-corrected chi connectivity index (χ3v) is 2.26. The van der Waals surface area contributed by atoms with E-state index in [1.807, 2.05) is 6.92 Å². The van der Waals surface area contributed by atoms with Gasteiger partial charge in [0.25, 0.3) is 0 Å². The first-order chi connectivity index (χ1) is 7.77. The Morgan fingerprint density at radius 1 is 1.62 bits per heavy atom. The Hall–Kier alpha value is -1.55. The number of amides is 1. The van der Waals surface area contributed by atoms with E-state index in [9.17, 15) is 4.79 Å². The van der Waals surface area contributed by atoms with Crippen molar-refractivity contribution in [2.24, 2.45) is 5.73 Å². The topological polar surface area (TPSA) is 59.5 Å². The lowest BCUT2D eigenvalue weighted by Crippen LogP contribution is -2.31. The molecule has 0 atom stereocenters. The highest BCUT2D eigenvalue weighted by Crippen LogP contribution is 2.03. The Kier molecular flexibility index (Phi) is 5.36. The van der Waals surface area contributed by atoms with Crippen LogP contribution in [0.5, 0.6) is 0 Å². The molecule has 1 aromatic rings. The summed E-state index contributed by atoms with van der Waals surface area (Å²) in [7, 11) is 0. The number of rotatable bonds is 6. The van der Waals surface area contributed by atoms with Gasteiger partial charge in [-0.2, -0.15) is 0 Å². The number of carbonyl (C=O) groups is 1. The van der Waals surface area contributed by atoms with Crippen LogP contribution >= 0.6 is 0 Å². The SMILES string of the molecule is CCN(CCCN)C(=O)/C=C/c1ccco1. The molecule has 2 N–H and O–H groups in total. The monoisotopic (exact) mass is 222 g/mol. The molecule has 1 amide bonds. The Balaban J connectivity index is 2.49. The Labute approximate surface area is 95.7 Å². The van der Waals surface area contributed by atoms with Gasteiger partial charge in [0.2, 0.25) is 5.91 Å². The number of furan rings is 1. The molecule has 0 fully saturated rings. The van der Waals surface area contributed by atoms with Crippen molar-refractivity contribution in [3.8, 4) is 0 Å². The molecule has 88 valence electrons. The normalized spacial score (nSPS) is 10.9. The summed E-state index contributed by atoms with van der Waals surface area (Å²) in [6.45, 7) is 3.95. The minimum absolute atomic E-state index is 0.00708. The van der Waals surface area contributed by atoms with Crippen LogP contribution in [0.15, 0.2) is 28.9 Å². The van der Waals surface area contributed by atoms with E-state index >= 15 is 0 Å². The molecular formula is C12H18N2O2. The summed E-state index contributed by atoms with van der Waals surface area (Å²) < 4.78 is 5.10. The molecule has 0 saturated carbocycles. The van der Waals surface area contributed by atoms with Crippen molar-refractivity contribution in [1.82, 2.24) is 4.90 Å². The third-order valence-electron chi connectivity index (χ3n) is 2.26. The van der Waals surface area contributed by atoms with E-state index < -0.39 is 0 Å². The second-order valence-corrected chi connectivity index (χ2v) is 3.41. The molecule has 4 nitrogen and oxygen atoms in total. The van der Waals surface area contributed by atoms with Crippen molar-refractivity contribution in [2.75, 3.05) is 19.6 Å². The maximum atomic E-state index is 11.7. The first kappa shape index (κ1) is 12.5. The van der Waals surface area contributed by atoms with Crippen LogP contribution in [-0.2, 0) is 4.79 Å². The van der Waals surface area contributed by atoms with Crippen molar-refractivity contribution in [1.29, 1.82) is 0 Å². The summed E-state index contributed by atoms with van der Waals surface area (Å²) in [5.74, 6) is 0.676. The summed E-state index contributed by atoms with van der Waals surface area (Å²) in [6.07, 6.45) is 5.61. The first-order valence-corrected chi connectivity index (χ1v) is 5.48. The summed E-state index contributed by atoms with van der Waals surface area (Å²) in [6, 6.07) is 3.59. The molecule has 4 heteroatoms. The molecule has 1 rings (SSSR count). The highest BCUT2D eigenvalue weighted by molar-refractivity contribution is 5.91. The summed E-state index contributed by atoms with van der Waals surface area (Å²) in [4.78, 5) is 13.5. The first-order valence-electron chi connectivity index (χ1n) is 5.48. The fourth-order valence-corrected chi connectivity index (χ4v) is 1.35. The van der Waals surface area contributed by atoms with Crippen molar-refractivity contribution < 1.29 is 9.21 Å². The Bertz CT molecular complexity index is 331. The quantitative estimate of drug-likeness (QED) is 0.742. The maximum absolute atomic E-state index is 11.7. The van der Waals surface area contributed by atoms with Crippen LogP contribution in [0.3, 0.4) is 0 Å². The van der Waals surface area contributed by atoms with E-state index in [1.165, 1.54) is 6.08 Å². The highest BCUT2D eigenvalue weighted by Gasteiger charge is 2.06. The zero-order valence-electron chi connectivity index (χ0n) is 9.56. The van der Waals surface area contributed by atoms with Gasteiger partial charge in [0.05, 0.1) is 6.26 Å². The molecular weight excluding hydrogens is 204 g/mol. The van der Waals surface area contributed by atoms with Gasteiger partial charge in [-0.1, -0.05) is 0 Å². The number of likely N-dealkylation sites (N-methyl/N-ethyl adjacent to an activating group) is 1. The van der Waals surface area contributed by atoms with Crippen LogP contribution in [0, 0.1) is 0 Å². The van der Waals surface area contributed by atoms with E-state index in [1.54, 1.807) is 29.4 Å². The molecule has 0 saturated heterocycles. The predicted octanol–water partition coefficient (Wildman–Crippen LogP) is 1.49. The lowest BCUT2D eigenvalue weighted by molar-refractivity contribution is -0.125. The Morgan fingerprint density at radius 2 is 2.44 bits per heavy atom. The van der Waals surface area contributed by atoms with Gasteiger partial charge >= 0.3 is 0 Å². The van der Waals surface area contributed by atoms with Crippen LogP contribution in [0.2, 0.25) is 0 Å². The van der Waals surface area contributed by atoms with Gasteiger partial charge in [-0.05, 0) is 38.1 Å². The van der Waals surface area contributed by atoms with Gasteiger partial charge in [-0.3, -0.25) is 4.79 Å². The van der Waals surface area contributed by atoms with Crippen LogP contribution in [0.25, 0.3) is 6.08 Å². The van der Waals surface area contributed by atoms with Gasteiger partial charge < -0.3 is 15.1 Å². The van der Waals surface area contributed by atoms with Gasteiger partial charge in [-0.25, -0.2) is 0 Å². The largest absolute Gasteiger partial charge is 0.465 e. The van der Waals surface area contributed by atoms with Crippen LogP contribution in [0.1, 0.15) is 19.1 Å². The molecule has 0 aliphatic rings. The lowest BCUT2D eigenvalue weighted by atomic mass is 10.3. The molecule has 0 spiro atoms. The van der Waals surface area contributed by atoms with Gasteiger partial charge in [-0.15, -0.1) is 0 Å². The molecule has 0 aliphatic heterocycles. The van der Waals surface area contributed by atoms with E-state index in [2.05, 4.69) is 0 Å². The Morgan fingerprint density at radius 3 is 3.00 bits per heavy atom. The zero-order valence-corrected chi connectivity index (χ0v) is 9.56. The van der Waals surface area contributed by atoms with Crippen molar-refractivity contribution >= 4 is 12.0 Å². The average molecular weight is 222 g/mol. The number of carbonyl (C=O) groups excluding carboxylic acids is 1. The van der Waals surface area contributed by atoms with Gasteiger partial charge in [0.15, 0.2) is 0 Å². The smallest absolute Gasteiger partial charge is 0.246 e. The molecule has 0 bridgehead atoms. The van der Waals surface area contributed by atoms with E-state index in [0.29, 0.717) is 25.4 Å². The second-order valence-electron chi connectivity index (χ2n) is 3.41. The van der Waals surface area contributed by atoms with Crippen LogP contribution in [-0.4, -0.2) is 30.4 Å². The molecule has 0 aliphatic carbocycles. The molecule has 1 heterocycles. The van der Waals surface area contributed by atoms with Crippen LogP contribution < -0.4 is 5.73 Å². The molecule has 0 radical (unpaired) electrons. The fourth-order valence-electron chi connectivity index (χ4n) is 1.35. The number of hydrogen-bond acceptors (Lipinski definition) is 3. The minimum Gasteiger partial charge on any atom is -0.465 e. The maximum Gasteiger partial charge on any atom is 0.246 e.